The van der Waals surface area contributed by atoms with Crippen LogP contribution in [0, 0.1) is 0 Å². The summed E-state index contributed by atoms with van der Waals surface area (Å²) in [5.41, 5.74) is 1.02. The van der Waals surface area contributed by atoms with E-state index < -0.39 is 28.0 Å². The van der Waals surface area contributed by atoms with E-state index in [0.717, 1.165) is 5.57 Å². The average Bonchev–Trinajstić information content (AvgIpc) is 2.04. The third kappa shape index (κ3) is 4.98. The van der Waals surface area contributed by atoms with Gasteiger partial charge in [-0.05, 0) is 25.7 Å². The molecule has 3 nitrogen and oxygen atoms in total. The van der Waals surface area contributed by atoms with E-state index in [0.29, 0.717) is 25.7 Å². The fraction of sp³-hybridized carbons (Fsp3) is 0.778. The van der Waals surface area contributed by atoms with Crippen molar-refractivity contribution in [1.82, 2.24) is 4.72 Å². The van der Waals surface area contributed by atoms with Crippen LogP contribution in [0.15, 0.2) is 12.2 Å². The van der Waals surface area contributed by atoms with Gasteiger partial charge in [0.05, 0.1) is 0 Å². The minimum Gasteiger partial charge on any atom is -0.212 e. The second-order valence-electron chi connectivity index (χ2n) is 4.02. The van der Waals surface area contributed by atoms with E-state index in [-0.39, 0.29) is 0 Å². The smallest absolute Gasteiger partial charge is 0.212 e. The summed E-state index contributed by atoms with van der Waals surface area (Å²) < 4.78 is 60.2. The van der Waals surface area contributed by atoms with Crippen molar-refractivity contribution >= 4 is 10.0 Å². The molecule has 1 saturated carbocycles. The number of rotatable bonds is 3. The molecule has 0 heterocycles. The van der Waals surface area contributed by atoms with Crippen LogP contribution >= 0.6 is 0 Å². The monoisotopic (exact) mass is 257 g/mol. The first-order valence-electron chi connectivity index (χ1n) is 4.91. The zero-order valence-corrected chi connectivity index (χ0v) is 9.50. The second kappa shape index (κ2) is 4.75. The summed E-state index contributed by atoms with van der Waals surface area (Å²) in [6.45, 7) is 3.75. The minimum atomic E-state index is -4.69. The molecule has 0 spiro atoms. The summed E-state index contributed by atoms with van der Waals surface area (Å²) in [6, 6.07) is -0.391. The number of halogens is 3. The molecule has 1 aliphatic carbocycles. The first kappa shape index (κ1) is 13.5. The van der Waals surface area contributed by atoms with Gasteiger partial charge in [0.1, 0.15) is 0 Å². The molecule has 0 unspecified atom stereocenters. The van der Waals surface area contributed by atoms with Gasteiger partial charge in [-0.2, -0.15) is 13.2 Å². The van der Waals surface area contributed by atoms with E-state index in [4.69, 9.17) is 0 Å². The lowest BCUT2D eigenvalue weighted by Gasteiger charge is -2.24. The Labute approximate surface area is 92.8 Å². The number of allylic oxidation sites excluding steroid dienone is 1. The van der Waals surface area contributed by atoms with E-state index in [1.165, 1.54) is 0 Å². The molecule has 0 saturated heterocycles. The standard InChI is InChI=1S/C9H14F3NO2S/c1-7-2-4-8(5-3-7)13-16(14,15)6-9(10,11)12/h8,13H,1-6H2. The average molecular weight is 257 g/mol. The third-order valence-corrected chi connectivity index (χ3v) is 3.79. The molecule has 0 radical (unpaired) electrons. The molecule has 1 rings (SSSR count). The van der Waals surface area contributed by atoms with Crippen molar-refractivity contribution < 1.29 is 21.6 Å². The molecule has 7 heteroatoms. The molecule has 1 fully saturated rings. The van der Waals surface area contributed by atoms with E-state index in [9.17, 15) is 21.6 Å². The highest BCUT2D eigenvalue weighted by Gasteiger charge is 2.36. The quantitative estimate of drug-likeness (QED) is 0.786. The Morgan fingerprint density at radius 2 is 1.81 bits per heavy atom. The highest BCUT2D eigenvalue weighted by atomic mass is 32.2. The molecular formula is C9H14F3NO2S. The molecule has 16 heavy (non-hydrogen) atoms. The van der Waals surface area contributed by atoms with Crippen molar-refractivity contribution in [3.05, 3.63) is 12.2 Å². The topological polar surface area (TPSA) is 46.2 Å². The highest BCUT2D eigenvalue weighted by Crippen LogP contribution is 2.23. The molecule has 0 atom stereocenters. The van der Waals surface area contributed by atoms with E-state index >= 15 is 0 Å². The summed E-state index contributed by atoms with van der Waals surface area (Å²) in [7, 11) is -4.26. The first-order chi connectivity index (χ1) is 7.18. The lowest BCUT2D eigenvalue weighted by molar-refractivity contribution is -0.106. The Morgan fingerprint density at radius 3 is 2.25 bits per heavy atom. The van der Waals surface area contributed by atoms with Crippen molar-refractivity contribution in [2.45, 2.75) is 37.9 Å². The Morgan fingerprint density at radius 1 is 1.31 bits per heavy atom. The van der Waals surface area contributed by atoms with Gasteiger partial charge in [0.25, 0.3) is 0 Å². The van der Waals surface area contributed by atoms with Crippen LogP contribution in [-0.2, 0) is 10.0 Å². The van der Waals surface area contributed by atoms with Crippen LogP contribution in [0.1, 0.15) is 25.7 Å². The number of sulfonamides is 1. The SMILES string of the molecule is C=C1CCC(NS(=O)(=O)CC(F)(F)F)CC1. The lowest BCUT2D eigenvalue weighted by Crippen LogP contribution is -2.41. The van der Waals surface area contributed by atoms with Crippen LogP contribution in [0.25, 0.3) is 0 Å². The normalized spacial score (nSPS) is 20.1. The van der Waals surface area contributed by atoms with Gasteiger partial charge >= 0.3 is 6.18 Å². The van der Waals surface area contributed by atoms with Gasteiger partial charge in [0, 0.05) is 6.04 Å². The van der Waals surface area contributed by atoms with Crippen molar-refractivity contribution in [1.29, 1.82) is 0 Å². The predicted octanol–water partition coefficient (Wildman–Crippen LogP) is 1.97. The molecular weight excluding hydrogens is 243 g/mol. The maximum Gasteiger partial charge on any atom is 0.404 e. The Bertz CT molecular complexity index is 351. The molecule has 0 aromatic carbocycles. The van der Waals surface area contributed by atoms with Crippen molar-refractivity contribution in [3.8, 4) is 0 Å². The number of hydrogen-bond acceptors (Lipinski definition) is 2. The summed E-state index contributed by atoms with van der Waals surface area (Å²) in [6.07, 6.45) is -2.31. The molecule has 1 aliphatic rings. The van der Waals surface area contributed by atoms with Gasteiger partial charge in [0.2, 0.25) is 10.0 Å². The van der Waals surface area contributed by atoms with Crippen molar-refractivity contribution in [2.75, 3.05) is 5.75 Å². The summed E-state index contributed by atoms with van der Waals surface area (Å²) >= 11 is 0. The number of hydrogen-bond donors (Lipinski definition) is 1. The zero-order valence-electron chi connectivity index (χ0n) is 8.68. The third-order valence-electron chi connectivity index (χ3n) is 2.39. The first-order valence-corrected chi connectivity index (χ1v) is 6.56. The molecule has 0 bridgehead atoms. The molecule has 0 aromatic rings. The van der Waals surface area contributed by atoms with Crippen molar-refractivity contribution in [2.24, 2.45) is 0 Å². The highest BCUT2D eigenvalue weighted by molar-refractivity contribution is 7.89. The fourth-order valence-electron chi connectivity index (χ4n) is 1.65. The number of alkyl halides is 3. The fourth-order valence-corrected chi connectivity index (χ4v) is 2.91. The van der Waals surface area contributed by atoms with Crippen LogP contribution < -0.4 is 4.72 Å². The summed E-state index contributed by atoms with van der Waals surface area (Å²) in [4.78, 5) is 0. The van der Waals surface area contributed by atoms with Gasteiger partial charge in [-0.1, -0.05) is 12.2 Å². The Kier molecular flexibility index (Phi) is 4.01. The predicted molar refractivity (Wildman–Crippen MR) is 54.4 cm³/mol. The second-order valence-corrected chi connectivity index (χ2v) is 5.77. The molecule has 0 aromatic heterocycles. The summed E-state index contributed by atoms with van der Waals surface area (Å²) in [5, 5.41) is 0. The van der Waals surface area contributed by atoms with Gasteiger partial charge < -0.3 is 0 Å². The Hall–Kier alpha value is -0.560. The maximum atomic E-state index is 11.9. The molecule has 94 valence electrons. The Balaban J connectivity index is 2.50. The maximum absolute atomic E-state index is 11.9. The van der Waals surface area contributed by atoms with Crippen molar-refractivity contribution in [3.63, 3.8) is 0 Å². The molecule has 1 N–H and O–H groups in total. The van der Waals surface area contributed by atoms with Gasteiger partial charge in [-0.3, -0.25) is 0 Å². The van der Waals surface area contributed by atoms with Gasteiger partial charge in [0.15, 0.2) is 5.75 Å². The lowest BCUT2D eigenvalue weighted by atomic mass is 9.93. The van der Waals surface area contributed by atoms with Crippen LogP contribution in [0.4, 0.5) is 13.2 Å². The van der Waals surface area contributed by atoms with Crippen LogP contribution in [0.5, 0.6) is 0 Å². The van der Waals surface area contributed by atoms with Gasteiger partial charge in [-0.25, -0.2) is 13.1 Å². The molecule has 0 aliphatic heterocycles. The largest absolute Gasteiger partial charge is 0.404 e. The minimum absolute atomic E-state index is 0.391. The van der Waals surface area contributed by atoms with E-state index in [2.05, 4.69) is 11.3 Å². The van der Waals surface area contributed by atoms with E-state index in [1.807, 2.05) is 0 Å². The van der Waals surface area contributed by atoms with Crippen LogP contribution in [0.2, 0.25) is 0 Å². The van der Waals surface area contributed by atoms with Crippen LogP contribution in [-0.4, -0.2) is 26.4 Å². The van der Waals surface area contributed by atoms with Gasteiger partial charge in [-0.15, -0.1) is 0 Å². The zero-order chi connectivity index (χ0) is 12.4. The number of nitrogens with one attached hydrogen (secondary N) is 1. The molecule has 0 amide bonds. The van der Waals surface area contributed by atoms with E-state index in [1.54, 1.807) is 0 Å². The summed E-state index contributed by atoms with van der Waals surface area (Å²) in [5.74, 6) is -1.81. The van der Waals surface area contributed by atoms with Crippen LogP contribution in [0.3, 0.4) is 0 Å².